The first-order chi connectivity index (χ1) is 12.0. The van der Waals surface area contributed by atoms with E-state index in [1.54, 1.807) is 17.0 Å². The zero-order valence-corrected chi connectivity index (χ0v) is 15.7. The second kappa shape index (κ2) is 7.58. The third-order valence-corrected chi connectivity index (χ3v) is 6.10. The van der Waals surface area contributed by atoms with Gasteiger partial charge in [0.15, 0.2) is 0 Å². The molecular weight excluding hydrogens is 358 g/mol. The molecule has 1 fully saturated rings. The minimum atomic E-state index is -3.61. The minimum Gasteiger partial charge on any atom is -0.382 e. The maximum Gasteiger partial charge on any atom is 0.308 e. The second-order valence-corrected chi connectivity index (χ2v) is 8.95. The van der Waals surface area contributed by atoms with E-state index in [1.807, 2.05) is 29.6 Å². The predicted molar refractivity (Wildman–Crippen MR) is 98.3 cm³/mol. The van der Waals surface area contributed by atoms with Crippen molar-refractivity contribution in [2.24, 2.45) is 5.92 Å². The van der Waals surface area contributed by atoms with Crippen LogP contribution < -0.4 is 4.18 Å². The van der Waals surface area contributed by atoms with Gasteiger partial charge < -0.3 is 9.08 Å². The molecule has 7 heteroatoms. The molecule has 1 aliphatic carbocycles. The van der Waals surface area contributed by atoms with Crippen molar-refractivity contribution in [3.8, 4) is 5.75 Å². The van der Waals surface area contributed by atoms with Crippen molar-refractivity contribution in [1.29, 1.82) is 0 Å². The molecule has 1 aromatic carbocycles. The van der Waals surface area contributed by atoms with Crippen LogP contribution in [0.2, 0.25) is 0 Å². The Balaban J connectivity index is 1.83. The highest BCUT2D eigenvalue weighted by Gasteiger charge is 2.28. The molecule has 1 aromatic heterocycles. The average Bonchev–Trinajstić information content (AvgIpc) is 3.24. The molecule has 0 radical (unpaired) electrons. The van der Waals surface area contributed by atoms with E-state index in [1.165, 1.54) is 18.3 Å². The SMILES string of the molecule is CCS(=O)(=O)Oc1ccccc1CN(CC1CC1)C(=O)c1cccs1. The lowest BCUT2D eigenvalue weighted by Crippen LogP contribution is -2.32. The molecule has 3 rings (SSSR count). The van der Waals surface area contributed by atoms with Crippen LogP contribution in [0.3, 0.4) is 0 Å². The maximum atomic E-state index is 12.8. The standard InChI is InChI=1S/C18H21NO4S2/c1-2-25(21,22)23-16-7-4-3-6-15(16)13-19(12-14-9-10-14)18(20)17-8-5-11-24-17/h3-8,11,14H,2,9-10,12-13H2,1H3. The van der Waals surface area contributed by atoms with Crippen LogP contribution in [0.4, 0.5) is 0 Å². The van der Waals surface area contributed by atoms with Crippen molar-refractivity contribution in [1.82, 2.24) is 4.90 Å². The fourth-order valence-corrected chi connectivity index (χ4v) is 3.75. The number of para-hydroxylation sites is 1. The predicted octanol–water partition coefficient (Wildman–Crippen LogP) is 3.53. The number of nitrogens with zero attached hydrogens (tertiary/aromatic N) is 1. The molecule has 0 spiro atoms. The van der Waals surface area contributed by atoms with Crippen molar-refractivity contribution >= 4 is 27.4 Å². The van der Waals surface area contributed by atoms with Gasteiger partial charge in [0.25, 0.3) is 5.91 Å². The van der Waals surface area contributed by atoms with Crippen LogP contribution >= 0.6 is 11.3 Å². The summed E-state index contributed by atoms with van der Waals surface area (Å²) in [6.45, 7) is 2.56. The normalized spacial score (nSPS) is 14.3. The second-order valence-electron chi connectivity index (χ2n) is 6.14. The number of hydrogen-bond acceptors (Lipinski definition) is 5. The lowest BCUT2D eigenvalue weighted by atomic mass is 10.1. The van der Waals surface area contributed by atoms with Crippen LogP contribution in [0.25, 0.3) is 0 Å². The molecule has 0 aliphatic heterocycles. The Hall–Kier alpha value is -1.86. The molecule has 2 aromatic rings. The lowest BCUT2D eigenvalue weighted by Gasteiger charge is -2.23. The number of hydrogen-bond donors (Lipinski definition) is 0. The van der Waals surface area contributed by atoms with Crippen molar-refractivity contribution in [3.05, 3.63) is 52.2 Å². The van der Waals surface area contributed by atoms with Crippen LogP contribution in [-0.4, -0.2) is 31.5 Å². The van der Waals surface area contributed by atoms with Gasteiger partial charge in [-0.1, -0.05) is 24.3 Å². The van der Waals surface area contributed by atoms with Gasteiger partial charge in [0.05, 0.1) is 10.6 Å². The molecule has 1 amide bonds. The largest absolute Gasteiger partial charge is 0.382 e. The quantitative estimate of drug-likeness (QED) is 0.658. The third kappa shape index (κ3) is 4.83. The van der Waals surface area contributed by atoms with Gasteiger partial charge in [0.1, 0.15) is 5.75 Å². The Kier molecular flexibility index (Phi) is 5.44. The van der Waals surface area contributed by atoms with Crippen LogP contribution in [0.5, 0.6) is 5.75 Å². The summed E-state index contributed by atoms with van der Waals surface area (Å²) in [7, 11) is -3.61. The topological polar surface area (TPSA) is 63.7 Å². The van der Waals surface area contributed by atoms with Crippen LogP contribution in [-0.2, 0) is 16.7 Å². The molecule has 134 valence electrons. The van der Waals surface area contributed by atoms with E-state index in [0.29, 0.717) is 35.2 Å². The molecule has 1 saturated carbocycles. The Labute approximate surface area is 152 Å². The summed E-state index contributed by atoms with van der Waals surface area (Å²) in [5, 5.41) is 1.88. The van der Waals surface area contributed by atoms with E-state index < -0.39 is 10.1 Å². The summed E-state index contributed by atoms with van der Waals surface area (Å²) in [6, 6.07) is 10.7. The molecule has 0 unspecified atom stereocenters. The van der Waals surface area contributed by atoms with E-state index >= 15 is 0 Å². The molecule has 25 heavy (non-hydrogen) atoms. The van der Waals surface area contributed by atoms with Gasteiger partial charge in [-0.15, -0.1) is 11.3 Å². The summed E-state index contributed by atoms with van der Waals surface area (Å²) < 4.78 is 28.8. The highest BCUT2D eigenvalue weighted by atomic mass is 32.2. The van der Waals surface area contributed by atoms with Gasteiger partial charge in [-0.05, 0) is 43.2 Å². The first-order valence-corrected chi connectivity index (χ1v) is 10.8. The Bertz CT molecular complexity index is 827. The highest BCUT2D eigenvalue weighted by molar-refractivity contribution is 7.87. The van der Waals surface area contributed by atoms with Crippen molar-refractivity contribution in [3.63, 3.8) is 0 Å². The number of carbonyl (C=O) groups is 1. The fourth-order valence-electron chi connectivity index (χ4n) is 2.50. The third-order valence-electron chi connectivity index (χ3n) is 4.10. The van der Waals surface area contributed by atoms with Gasteiger partial charge in [0.2, 0.25) is 0 Å². The molecule has 0 atom stereocenters. The highest BCUT2D eigenvalue weighted by Crippen LogP contribution is 2.32. The molecule has 0 saturated heterocycles. The Morgan fingerprint density at radius 2 is 2.00 bits per heavy atom. The van der Waals surface area contributed by atoms with Crippen molar-refractivity contribution in [2.75, 3.05) is 12.3 Å². The van der Waals surface area contributed by atoms with Gasteiger partial charge in [0, 0.05) is 18.7 Å². The summed E-state index contributed by atoms with van der Waals surface area (Å²) in [5.74, 6) is 0.719. The van der Waals surface area contributed by atoms with E-state index in [9.17, 15) is 13.2 Å². The Morgan fingerprint density at radius 3 is 2.64 bits per heavy atom. The van der Waals surface area contributed by atoms with E-state index in [0.717, 1.165) is 12.8 Å². The van der Waals surface area contributed by atoms with Gasteiger partial charge in [-0.25, -0.2) is 0 Å². The molecule has 0 bridgehead atoms. The monoisotopic (exact) mass is 379 g/mol. The summed E-state index contributed by atoms with van der Waals surface area (Å²) in [4.78, 5) is 15.3. The van der Waals surface area contributed by atoms with Crippen LogP contribution in [0, 0.1) is 5.92 Å². The first-order valence-electron chi connectivity index (χ1n) is 8.31. The molecule has 1 heterocycles. The summed E-state index contributed by atoms with van der Waals surface area (Å²) in [6.07, 6.45) is 2.27. The van der Waals surface area contributed by atoms with Crippen LogP contribution in [0.1, 0.15) is 35.0 Å². The van der Waals surface area contributed by atoms with Crippen molar-refractivity contribution < 1.29 is 17.4 Å². The number of carbonyl (C=O) groups excluding carboxylic acids is 1. The summed E-state index contributed by atoms with van der Waals surface area (Å²) >= 11 is 1.42. The van der Waals surface area contributed by atoms with Gasteiger partial charge in [-0.2, -0.15) is 8.42 Å². The lowest BCUT2D eigenvalue weighted by molar-refractivity contribution is 0.0739. The van der Waals surface area contributed by atoms with Gasteiger partial charge >= 0.3 is 10.1 Å². The van der Waals surface area contributed by atoms with Crippen molar-refractivity contribution in [2.45, 2.75) is 26.3 Å². The zero-order chi connectivity index (χ0) is 17.9. The molecule has 0 N–H and O–H groups in total. The average molecular weight is 380 g/mol. The van der Waals surface area contributed by atoms with Gasteiger partial charge in [-0.3, -0.25) is 4.79 Å². The van der Waals surface area contributed by atoms with Crippen LogP contribution in [0.15, 0.2) is 41.8 Å². The number of amides is 1. The maximum absolute atomic E-state index is 12.8. The number of rotatable bonds is 8. The Morgan fingerprint density at radius 1 is 1.24 bits per heavy atom. The van der Waals surface area contributed by atoms with E-state index in [4.69, 9.17) is 4.18 Å². The summed E-state index contributed by atoms with van der Waals surface area (Å²) in [5.41, 5.74) is 0.699. The minimum absolute atomic E-state index is 0.0185. The smallest absolute Gasteiger partial charge is 0.308 e. The van der Waals surface area contributed by atoms with E-state index in [2.05, 4.69) is 0 Å². The number of thiophene rings is 1. The van der Waals surface area contributed by atoms with E-state index in [-0.39, 0.29) is 11.7 Å². The first kappa shape index (κ1) is 17.9. The molecule has 5 nitrogen and oxygen atoms in total. The number of benzene rings is 1. The zero-order valence-electron chi connectivity index (χ0n) is 14.1. The fraction of sp³-hybridized carbons (Fsp3) is 0.389. The molecule has 1 aliphatic rings. The molecular formula is C18H21NO4S2.